The van der Waals surface area contributed by atoms with Crippen LogP contribution in [-0.2, 0) is 9.59 Å². The highest BCUT2D eigenvalue weighted by atomic mass is 35.5. The number of rotatable bonds is 7. The molecule has 0 bridgehead atoms. The Balaban J connectivity index is 1.86. The van der Waals surface area contributed by atoms with Crippen LogP contribution in [0, 0.1) is 0 Å². The van der Waals surface area contributed by atoms with Crippen LogP contribution in [-0.4, -0.2) is 40.4 Å². The molecular weight excluding hydrogens is 344 g/mol. The summed E-state index contributed by atoms with van der Waals surface area (Å²) in [5.41, 5.74) is 0.783. The molecule has 0 saturated carbocycles. The second-order valence-electron chi connectivity index (χ2n) is 5.80. The molecule has 25 heavy (non-hydrogen) atoms. The molecule has 1 atom stereocenters. The van der Waals surface area contributed by atoms with Gasteiger partial charge in [-0.25, -0.2) is 0 Å². The number of benzene rings is 1. The molecule has 1 N–H and O–H groups in total. The lowest BCUT2D eigenvalue weighted by Crippen LogP contribution is -2.29. The quantitative estimate of drug-likeness (QED) is 0.816. The predicted molar refractivity (Wildman–Crippen MR) is 93.8 cm³/mol. The molecule has 0 aliphatic heterocycles. The fourth-order valence-corrected chi connectivity index (χ4v) is 2.26. The zero-order valence-corrected chi connectivity index (χ0v) is 15.2. The van der Waals surface area contributed by atoms with E-state index in [4.69, 9.17) is 16.1 Å². The highest BCUT2D eigenvalue weighted by Crippen LogP contribution is 2.20. The van der Waals surface area contributed by atoms with E-state index in [1.165, 1.54) is 6.92 Å². The summed E-state index contributed by atoms with van der Waals surface area (Å²) in [6, 6.07) is 6.69. The van der Waals surface area contributed by atoms with Gasteiger partial charge >= 0.3 is 0 Å². The normalized spacial score (nSPS) is 11.8. The smallest absolute Gasteiger partial charge is 0.249 e. The largest absolute Gasteiger partial charge is 0.346 e. The Kier molecular flexibility index (Phi) is 6.52. The van der Waals surface area contributed by atoms with Crippen molar-refractivity contribution in [2.24, 2.45) is 0 Å². The summed E-state index contributed by atoms with van der Waals surface area (Å²) >= 11 is 5.86. The summed E-state index contributed by atoms with van der Waals surface area (Å²) in [6.07, 6.45) is 0.911. The molecule has 1 aromatic heterocycles. The van der Waals surface area contributed by atoms with E-state index in [0.717, 1.165) is 5.56 Å². The standard InChI is InChI=1S/C17H21ClN4O3/c1-11(19-15(24)5-4-10-22(3)12(2)23)17-20-16(21-25-17)13-6-8-14(18)9-7-13/h6-9,11H,4-5,10H2,1-3H3,(H,19,24). The van der Waals surface area contributed by atoms with E-state index >= 15 is 0 Å². The number of carbonyl (C=O) groups excluding carboxylic acids is 2. The summed E-state index contributed by atoms with van der Waals surface area (Å²) in [4.78, 5) is 29.0. The van der Waals surface area contributed by atoms with Crippen LogP contribution in [0.4, 0.5) is 0 Å². The number of nitrogens with one attached hydrogen (secondary N) is 1. The molecular formula is C17H21ClN4O3. The van der Waals surface area contributed by atoms with Gasteiger partial charge in [0.2, 0.25) is 23.5 Å². The monoisotopic (exact) mass is 364 g/mol. The van der Waals surface area contributed by atoms with E-state index < -0.39 is 6.04 Å². The van der Waals surface area contributed by atoms with Gasteiger partial charge in [0, 0.05) is 37.5 Å². The van der Waals surface area contributed by atoms with Gasteiger partial charge in [0.15, 0.2) is 0 Å². The van der Waals surface area contributed by atoms with Gasteiger partial charge in [0.05, 0.1) is 0 Å². The van der Waals surface area contributed by atoms with Gasteiger partial charge in [-0.2, -0.15) is 4.98 Å². The number of halogens is 1. The molecule has 0 radical (unpaired) electrons. The number of carbonyl (C=O) groups is 2. The van der Waals surface area contributed by atoms with E-state index in [1.807, 2.05) is 0 Å². The van der Waals surface area contributed by atoms with Gasteiger partial charge in [0.1, 0.15) is 6.04 Å². The van der Waals surface area contributed by atoms with Crippen LogP contribution in [0.15, 0.2) is 28.8 Å². The van der Waals surface area contributed by atoms with Crippen molar-refractivity contribution in [3.8, 4) is 11.4 Å². The first kappa shape index (κ1) is 18.9. The topological polar surface area (TPSA) is 88.3 Å². The molecule has 8 heteroatoms. The molecule has 1 unspecified atom stereocenters. The summed E-state index contributed by atoms with van der Waals surface area (Å²) < 4.78 is 5.22. The van der Waals surface area contributed by atoms with Crippen molar-refractivity contribution >= 4 is 23.4 Å². The van der Waals surface area contributed by atoms with Crippen molar-refractivity contribution in [2.75, 3.05) is 13.6 Å². The van der Waals surface area contributed by atoms with E-state index in [0.29, 0.717) is 36.1 Å². The molecule has 1 heterocycles. The van der Waals surface area contributed by atoms with Gasteiger partial charge in [0.25, 0.3) is 0 Å². The minimum Gasteiger partial charge on any atom is -0.346 e. The van der Waals surface area contributed by atoms with E-state index in [-0.39, 0.29) is 11.8 Å². The Morgan fingerprint density at radius 3 is 2.64 bits per heavy atom. The maximum atomic E-state index is 12.0. The molecule has 2 aromatic rings. The Hall–Kier alpha value is -2.41. The maximum absolute atomic E-state index is 12.0. The fraction of sp³-hybridized carbons (Fsp3) is 0.412. The molecule has 7 nitrogen and oxygen atoms in total. The van der Waals surface area contributed by atoms with Crippen molar-refractivity contribution in [1.29, 1.82) is 0 Å². The molecule has 0 saturated heterocycles. The highest BCUT2D eigenvalue weighted by molar-refractivity contribution is 6.30. The SMILES string of the molecule is CC(=O)N(C)CCCC(=O)NC(C)c1nc(-c2ccc(Cl)cc2)no1. The zero-order valence-electron chi connectivity index (χ0n) is 14.5. The van der Waals surface area contributed by atoms with Crippen LogP contribution in [0.2, 0.25) is 5.02 Å². The number of hydrogen-bond donors (Lipinski definition) is 1. The third kappa shape index (κ3) is 5.56. The third-order valence-corrected chi connectivity index (χ3v) is 3.98. The molecule has 0 aliphatic carbocycles. The molecule has 1 aromatic carbocycles. The van der Waals surface area contributed by atoms with Gasteiger partial charge in [-0.15, -0.1) is 0 Å². The Bertz CT molecular complexity index is 730. The number of nitrogens with zero attached hydrogens (tertiary/aromatic N) is 3. The fourth-order valence-electron chi connectivity index (χ4n) is 2.14. The Morgan fingerprint density at radius 1 is 1.32 bits per heavy atom. The minimum absolute atomic E-state index is 0.0191. The molecule has 134 valence electrons. The van der Waals surface area contributed by atoms with Crippen LogP contribution < -0.4 is 5.32 Å². The van der Waals surface area contributed by atoms with Crippen LogP contribution in [0.3, 0.4) is 0 Å². The summed E-state index contributed by atoms with van der Waals surface area (Å²) in [5.74, 6) is 0.625. The second-order valence-corrected chi connectivity index (χ2v) is 6.23. The molecule has 0 fully saturated rings. The first-order valence-corrected chi connectivity index (χ1v) is 8.35. The van der Waals surface area contributed by atoms with Crippen LogP contribution in [0.5, 0.6) is 0 Å². The average Bonchev–Trinajstić information content (AvgIpc) is 3.05. The maximum Gasteiger partial charge on any atom is 0.249 e. The van der Waals surface area contributed by atoms with Crippen LogP contribution >= 0.6 is 11.6 Å². The number of hydrogen-bond acceptors (Lipinski definition) is 5. The van der Waals surface area contributed by atoms with Crippen molar-refractivity contribution in [2.45, 2.75) is 32.7 Å². The van der Waals surface area contributed by atoms with E-state index in [1.54, 1.807) is 43.1 Å². The van der Waals surface area contributed by atoms with Gasteiger partial charge in [-0.05, 0) is 37.6 Å². The average molecular weight is 365 g/mol. The lowest BCUT2D eigenvalue weighted by Gasteiger charge is -2.14. The summed E-state index contributed by atoms with van der Waals surface area (Å²) in [6.45, 7) is 3.81. The first-order chi connectivity index (χ1) is 11.9. The highest BCUT2D eigenvalue weighted by Gasteiger charge is 2.17. The molecule has 0 spiro atoms. The second kappa shape index (κ2) is 8.62. The van der Waals surface area contributed by atoms with Gasteiger partial charge < -0.3 is 14.7 Å². The Labute approximate surface area is 151 Å². The van der Waals surface area contributed by atoms with Crippen LogP contribution in [0.25, 0.3) is 11.4 Å². The molecule has 2 rings (SSSR count). The van der Waals surface area contributed by atoms with Crippen molar-refractivity contribution in [3.63, 3.8) is 0 Å². The third-order valence-electron chi connectivity index (χ3n) is 3.73. The van der Waals surface area contributed by atoms with Gasteiger partial charge in [-0.1, -0.05) is 16.8 Å². The lowest BCUT2D eigenvalue weighted by molar-refractivity contribution is -0.128. The zero-order chi connectivity index (χ0) is 18.4. The summed E-state index contributed by atoms with van der Waals surface area (Å²) in [5, 5.41) is 7.37. The summed E-state index contributed by atoms with van der Waals surface area (Å²) in [7, 11) is 1.71. The Morgan fingerprint density at radius 2 is 2.00 bits per heavy atom. The lowest BCUT2D eigenvalue weighted by atomic mass is 10.2. The predicted octanol–water partition coefficient (Wildman–Crippen LogP) is 2.83. The minimum atomic E-state index is -0.397. The molecule has 0 aliphatic rings. The molecule has 2 amide bonds. The number of aromatic nitrogens is 2. The van der Waals surface area contributed by atoms with Crippen molar-refractivity contribution in [3.05, 3.63) is 35.2 Å². The van der Waals surface area contributed by atoms with Gasteiger partial charge in [-0.3, -0.25) is 9.59 Å². The van der Waals surface area contributed by atoms with Crippen molar-refractivity contribution in [1.82, 2.24) is 20.4 Å². The van der Waals surface area contributed by atoms with Crippen LogP contribution in [0.1, 0.15) is 38.6 Å². The first-order valence-electron chi connectivity index (χ1n) is 7.97. The van der Waals surface area contributed by atoms with E-state index in [9.17, 15) is 9.59 Å². The number of amides is 2. The van der Waals surface area contributed by atoms with Crippen molar-refractivity contribution < 1.29 is 14.1 Å². The van der Waals surface area contributed by atoms with E-state index in [2.05, 4.69) is 15.5 Å².